The Labute approximate surface area is 135 Å². The van der Waals surface area contributed by atoms with E-state index in [1.807, 2.05) is 0 Å². The van der Waals surface area contributed by atoms with Crippen LogP contribution in [0, 0.1) is 0 Å². The average molecular weight is 333 g/mol. The summed E-state index contributed by atoms with van der Waals surface area (Å²) in [5.74, 6) is 0. The maximum absolute atomic E-state index is 12.6. The Morgan fingerprint density at radius 2 is 1.18 bits per heavy atom. The Kier molecular flexibility index (Phi) is 3.88. The number of aromatic nitrogens is 2. The van der Waals surface area contributed by atoms with E-state index in [1.165, 1.54) is 16.8 Å². The second-order valence-corrected chi connectivity index (χ2v) is 5.47. The minimum atomic E-state index is -0.461. The second-order valence-electron chi connectivity index (χ2n) is 4.59. The molecule has 0 unspecified atom stereocenters. The van der Waals surface area contributed by atoms with Crippen molar-refractivity contribution >= 4 is 23.2 Å². The Hall–Kier alpha value is -2.30. The van der Waals surface area contributed by atoms with E-state index >= 15 is 0 Å². The lowest BCUT2D eigenvalue weighted by atomic mass is 10.3. The van der Waals surface area contributed by atoms with Gasteiger partial charge >= 0.3 is 5.69 Å². The van der Waals surface area contributed by atoms with Gasteiger partial charge in [-0.1, -0.05) is 23.2 Å². The molecular formula is C16H10Cl2N2O2. The van der Waals surface area contributed by atoms with Crippen LogP contribution in [0.3, 0.4) is 0 Å². The quantitative estimate of drug-likeness (QED) is 0.722. The molecule has 6 heteroatoms. The summed E-state index contributed by atoms with van der Waals surface area (Å²) in [5, 5.41) is 1.11. The summed E-state index contributed by atoms with van der Waals surface area (Å²) in [5.41, 5.74) is 0.217. The van der Waals surface area contributed by atoms with Crippen molar-refractivity contribution in [2.24, 2.45) is 0 Å². The molecule has 3 rings (SSSR count). The third kappa shape index (κ3) is 2.71. The van der Waals surface area contributed by atoms with Crippen LogP contribution >= 0.6 is 23.2 Å². The molecule has 1 heterocycles. The highest BCUT2D eigenvalue weighted by Gasteiger charge is 2.08. The van der Waals surface area contributed by atoms with E-state index in [0.717, 1.165) is 4.57 Å². The zero-order chi connectivity index (χ0) is 15.7. The van der Waals surface area contributed by atoms with Crippen LogP contribution in [0.4, 0.5) is 0 Å². The number of nitrogens with zero attached hydrogens (tertiary/aromatic N) is 2. The number of rotatable bonds is 2. The molecule has 22 heavy (non-hydrogen) atoms. The maximum Gasteiger partial charge on any atom is 0.340 e. The van der Waals surface area contributed by atoms with E-state index in [4.69, 9.17) is 23.2 Å². The van der Waals surface area contributed by atoms with Crippen molar-refractivity contribution in [3.8, 4) is 11.4 Å². The number of hydrogen-bond donors (Lipinski definition) is 0. The molecule has 0 fully saturated rings. The van der Waals surface area contributed by atoms with Gasteiger partial charge in [-0.15, -0.1) is 0 Å². The van der Waals surface area contributed by atoms with Crippen LogP contribution in [0.15, 0.2) is 70.4 Å². The summed E-state index contributed by atoms with van der Waals surface area (Å²) in [6, 6.07) is 14.6. The average Bonchev–Trinajstić information content (AvgIpc) is 2.51. The third-order valence-electron chi connectivity index (χ3n) is 3.17. The van der Waals surface area contributed by atoms with Gasteiger partial charge < -0.3 is 0 Å². The van der Waals surface area contributed by atoms with Crippen LogP contribution in [0.1, 0.15) is 0 Å². The van der Waals surface area contributed by atoms with Crippen LogP contribution in [-0.2, 0) is 0 Å². The molecule has 0 aliphatic heterocycles. The maximum atomic E-state index is 12.6. The van der Waals surface area contributed by atoms with Gasteiger partial charge in [-0.05, 0) is 48.5 Å². The lowest BCUT2D eigenvalue weighted by Crippen LogP contribution is -2.37. The molecule has 4 nitrogen and oxygen atoms in total. The van der Waals surface area contributed by atoms with E-state index < -0.39 is 11.2 Å². The molecule has 0 N–H and O–H groups in total. The van der Waals surface area contributed by atoms with E-state index in [0.29, 0.717) is 21.4 Å². The molecule has 0 amide bonds. The van der Waals surface area contributed by atoms with Gasteiger partial charge in [0.05, 0.1) is 11.4 Å². The molecule has 0 spiro atoms. The van der Waals surface area contributed by atoms with E-state index in [9.17, 15) is 9.59 Å². The van der Waals surface area contributed by atoms with Crippen molar-refractivity contribution < 1.29 is 0 Å². The molecule has 0 aliphatic rings. The van der Waals surface area contributed by atoms with Crippen LogP contribution in [-0.4, -0.2) is 9.13 Å². The van der Waals surface area contributed by atoms with Crippen LogP contribution in [0.25, 0.3) is 11.4 Å². The summed E-state index contributed by atoms with van der Waals surface area (Å²) >= 11 is 11.7. The molecule has 3 aromatic rings. The molecule has 0 saturated heterocycles. The largest absolute Gasteiger partial charge is 0.340 e. The molecule has 0 radical (unpaired) electrons. The molecule has 0 atom stereocenters. The van der Waals surface area contributed by atoms with Crippen molar-refractivity contribution in [1.29, 1.82) is 0 Å². The second kappa shape index (κ2) is 5.83. The highest BCUT2D eigenvalue weighted by molar-refractivity contribution is 6.30. The van der Waals surface area contributed by atoms with Crippen molar-refractivity contribution in [2.45, 2.75) is 0 Å². The SMILES string of the molecule is O=c1ccn(-c2ccc(Cl)cc2)c(=O)n1-c1ccc(Cl)cc1. The molecule has 0 saturated carbocycles. The molecule has 0 bridgehead atoms. The zero-order valence-corrected chi connectivity index (χ0v) is 12.8. The summed E-state index contributed by atoms with van der Waals surface area (Å²) in [6.07, 6.45) is 1.44. The first-order valence-electron chi connectivity index (χ1n) is 6.43. The first-order valence-corrected chi connectivity index (χ1v) is 7.18. The van der Waals surface area contributed by atoms with E-state index in [2.05, 4.69) is 0 Å². The van der Waals surface area contributed by atoms with Gasteiger partial charge in [-0.25, -0.2) is 9.36 Å². The highest BCUT2D eigenvalue weighted by Crippen LogP contribution is 2.13. The van der Waals surface area contributed by atoms with E-state index in [-0.39, 0.29) is 0 Å². The Morgan fingerprint density at radius 1 is 0.682 bits per heavy atom. The summed E-state index contributed by atoms with van der Waals surface area (Å²) in [6.45, 7) is 0. The Morgan fingerprint density at radius 3 is 1.73 bits per heavy atom. The summed E-state index contributed by atoms with van der Waals surface area (Å²) in [4.78, 5) is 24.7. The van der Waals surface area contributed by atoms with Gasteiger partial charge in [-0.2, -0.15) is 0 Å². The van der Waals surface area contributed by atoms with Gasteiger partial charge in [0.1, 0.15) is 0 Å². The lowest BCUT2D eigenvalue weighted by molar-refractivity contribution is 0.802. The van der Waals surface area contributed by atoms with Crippen molar-refractivity contribution in [3.63, 3.8) is 0 Å². The fourth-order valence-corrected chi connectivity index (χ4v) is 2.36. The third-order valence-corrected chi connectivity index (χ3v) is 3.68. The summed E-state index contributed by atoms with van der Waals surface area (Å²) in [7, 11) is 0. The Balaban J connectivity index is 2.22. The van der Waals surface area contributed by atoms with Gasteiger partial charge in [-0.3, -0.25) is 9.36 Å². The predicted molar refractivity (Wildman–Crippen MR) is 87.7 cm³/mol. The molecule has 110 valence electrons. The van der Waals surface area contributed by atoms with Gasteiger partial charge in [0.15, 0.2) is 0 Å². The van der Waals surface area contributed by atoms with Crippen LogP contribution in [0.2, 0.25) is 10.0 Å². The number of halogens is 2. The number of hydrogen-bond acceptors (Lipinski definition) is 2. The summed E-state index contributed by atoms with van der Waals surface area (Å²) < 4.78 is 2.47. The Bertz CT molecular complexity index is 926. The zero-order valence-electron chi connectivity index (χ0n) is 11.2. The lowest BCUT2D eigenvalue weighted by Gasteiger charge is -2.10. The van der Waals surface area contributed by atoms with Crippen molar-refractivity contribution in [2.75, 3.05) is 0 Å². The van der Waals surface area contributed by atoms with Crippen LogP contribution in [0.5, 0.6) is 0 Å². The van der Waals surface area contributed by atoms with Gasteiger partial charge in [0, 0.05) is 22.3 Å². The molecule has 0 aliphatic carbocycles. The molecular weight excluding hydrogens is 323 g/mol. The van der Waals surface area contributed by atoms with Crippen molar-refractivity contribution in [1.82, 2.24) is 9.13 Å². The van der Waals surface area contributed by atoms with Crippen molar-refractivity contribution in [3.05, 3.63) is 91.7 Å². The monoisotopic (exact) mass is 332 g/mol. The predicted octanol–water partition coefficient (Wildman–Crippen LogP) is 3.30. The first kappa shape index (κ1) is 14.6. The standard InChI is InChI=1S/C16H10Cl2N2O2/c17-11-1-5-13(6-2-11)19-10-9-15(21)20(16(19)22)14-7-3-12(18)4-8-14/h1-10H. The fourth-order valence-electron chi connectivity index (χ4n) is 2.10. The molecule has 2 aromatic carbocycles. The van der Waals surface area contributed by atoms with Gasteiger partial charge in [0.2, 0.25) is 0 Å². The van der Waals surface area contributed by atoms with E-state index in [1.54, 1.807) is 48.5 Å². The van der Waals surface area contributed by atoms with Crippen LogP contribution < -0.4 is 11.2 Å². The minimum Gasteiger partial charge on any atom is -0.269 e. The highest BCUT2D eigenvalue weighted by atomic mass is 35.5. The smallest absolute Gasteiger partial charge is 0.269 e. The fraction of sp³-hybridized carbons (Fsp3) is 0. The normalized spacial score (nSPS) is 10.6. The first-order chi connectivity index (χ1) is 10.6. The number of benzene rings is 2. The topological polar surface area (TPSA) is 44.0 Å². The molecule has 1 aromatic heterocycles. The minimum absolute atomic E-state index is 0.405. The van der Waals surface area contributed by atoms with Gasteiger partial charge in [0.25, 0.3) is 5.56 Å².